The van der Waals surface area contributed by atoms with Crippen molar-refractivity contribution in [1.82, 2.24) is 20.0 Å². The fraction of sp³-hybridized carbons (Fsp3) is 0.500. The lowest BCUT2D eigenvalue weighted by molar-refractivity contribution is -0.122. The van der Waals surface area contributed by atoms with E-state index in [-0.39, 0.29) is 5.91 Å². The quantitative estimate of drug-likeness (QED) is 0.886. The van der Waals surface area contributed by atoms with Gasteiger partial charge in [-0.3, -0.25) is 14.4 Å². The van der Waals surface area contributed by atoms with Gasteiger partial charge in [-0.1, -0.05) is 6.07 Å². The van der Waals surface area contributed by atoms with E-state index in [2.05, 4.69) is 33.0 Å². The molecule has 3 rings (SSSR count). The smallest absolute Gasteiger partial charge is 0.234 e. The van der Waals surface area contributed by atoms with Crippen molar-refractivity contribution in [1.29, 1.82) is 0 Å². The van der Waals surface area contributed by atoms with Gasteiger partial charge in [0.2, 0.25) is 5.91 Å². The molecule has 5 nitrogen and oxygen atoms in total. The number of nitrogens with zero attached hydrogens (tertiary/aromatic N) is 3. The standard InChI is InChI=1S/C16H22N4OS/c1-19-11-13(10-18-19)15-5-2-8-20(15)12-16(21)17-7-6-14-4-3-9-22-14/h3-4,9-11,15H,2,5-8,12H2,1H3,(H,17,21)/t15-/m0/s1. The van der Waals surface area contributed by atoms with Gasteiger partial charge in [0.1, 0.15) is 0 Å². The van der Waals surface area contributed by atoms with E-state index in [0.717, 1.165) is 25.8 Å². The van der Waals surface area contributed by atoms with E-state index in [4.69, 9.17) is 0 Å². The number of hydrogen-bond acceptors (Lipinski definition) is 4. The Kier molecular flexibility index (Phi) is 4.90. The van der Waals surface area contributed by atoms with E-state index in [0.29, 0.717) is 19.1 Å². The molecule has 0 aromatic carbocycles. The van der Waals surface area contributed by atoms with Crippen LogP contribution in [0, 0.1) is 0 Å². The average molecular weight is 318 g/mol. The summed E-state index contributed by atoms with van der Waals surface area (Å²) in [7, 11) is 1.93. The van der Waals surface area contributed by atoms with Crippen molar-refractivity contribution in [2.75, 3.05) is 19.6 Å². The Balaban J connectivity index is 1.47. The third-order valence-corrected chi connectivity index (χ3v) is 5.03. The van der Waals surface area contributed by atoms with E-state index >= 15 is 0 Å². The molecule has 1 fully saturated rings. The highest BCUT2D eigenvalue weighted by molar-refractivity contribution is 7.09. The number of carbonyl (C=O) groups excluding carboxylic acids is 1. The second kappa shape index (κ2) is 7.07. The van der Waals surface area contributed by atoms with E-state index in [1.807, 2.05) is 24.0 Å². The van der Waals surface area contributed by atoms with E-state index in [9.17, 15) is 4.79 Å². The van der Waals surface area contributed by atoms with Gasteiger partial charge in [0.25, 0.3) is 0 Å². The molecular weight excluding hydrogens is 296 g/mol. The van der Waals surface area contributed by atoms with Crippen LogP contribution < -0.4 is 5.32 Å². The van der Waals surface area contributed by atoms with Crippen LogP contribution in [-0.2, 0) is 18.3 Å². The Morgan fingerprint density at radius 1 is 1.55 bits per heavy atom. The second-order valence-corrected chi connectivity index (χ2v) is 6.79. The Labute approximate surface area is 134 Å². The minimum Gasteiger partial charge on any atom is -0.355 e. The fourth-order valence-electron chi connectivity index (χ4n) is 3.03. The number of nitrogens with one attached hydrogen (secondary N) is 1. The number of aryl methyl sites for hydroxylation is 1. The predicted octanol–water partition coefficient (Wildman–Crippen LogP) is 1.98. The molecule has 1 N–H and O–H groups in total. The molecule has 6 heteroatoms. The first kappa shape index (κ1) is 15.2. The Morgan fingerprint density at radius 3 is 3.18 bits per heavy atom. The maximum atomic E-state index is 12.1. The van der Waals surface area contributed by atoms with Crippen LogP contribution >= 0.6 is 11.3 Å². The summed E-state index contributed by atoms with van der Waals surface area (Å²) in [6.07, 6.45) is 7.13. The minimum absolute atomic E-state index is 0.118. The maximum absolute atomic E-state index is 12.1. The van der Waals surface area contributed by atoms with Crippen LogP contribution in [-0.4, -0.2) is 40.2 Å². The van der Waals surface area contributed by atoms with E-state index < -0.39 is 0 Å². The first-order chi connectivity index (χ1) is 10.7. The molecule has 1 atom stereocenters. The van der Waals surface area contributed by atoms with Crippen molar-refractivity contribution in [2.24, 2.45) is 7.05 Å². The fourth-order valence-corrected chi connectivity index (χ4v) is 3.73. The summed E-state index contributed by atoms with van der Waals surface area (Å²) in [5.41, 5.74) is 1.21. The molecule has 0 radical (unpaired) electrons. The van der Waals surface area contributed by atoms with Crippen LogP contribution in [0.15, 0.2) is 29.9 Å². The number of amides is 1. The normalized spacial score (nSPS) is 18.7. The van der Waals surface area contributed by atoms with Gasteiger partial charge in [-0.05, 0) is 37.3 Å². The zero-order valence-corrected chi connectivity index (χ0v) is 13.7. The third kappa shape index (κ3) is 3.75. The van der Waals surface area contributed by atoms with Gasteiger partial charge in [-0.15, -0.1) is 11.3 Å². The van der Waals surface area contributed by atoms with Crippen LogP contribution in [0.4, 0.5) is 0 Å². The molecule has 0 aliphatic carbocycles. The van der Waals surface area contributed by atoms with Gasteiger partial charge in [-0.2, -0.15) is 5.10 Å². The Morgan fingerprint density at radius 2 is 2.45 bits per heavy atom. The van der Waals surface area contributed by atoms with Crippen molar-refractivity contribution in [3.05, 3.63) is 40.3 Å². The van der Waals surface area contributed by atoms with Gasteiger partial charge in [0.15, 0.2) is 0 Å². The molecule has 3 heterocycles. The lowest BCUT2D eigenvalue weighted by Gasteiger charge is -2.22. The monoisotopic (exact) mass is 318 g/mol. The molecule has 118 valence electrons. The van der Waals surface area contributed by atoms with Gasteiger partial charge >= 0.3 is 0 Å². The lowest BCUT2D eigenvalue weighted by atomic mass is 10.1. The number of carbonyl (C=O) groups is 1. The number of likely N-dealkylation sites (tertiary alicyclic amines) is 1. The van der Waals surface area contributed by atoms with E-state index in [1.54, 1.807) is 11.3 Å². The first-order valence-corrected chi connectivity index (χ1v) is 8.62. The highest BCUT2D eigenvalue weighted by atomic mass is 32.1. The second-order valence-electron chi connectivity index (χ2n) is 5.76. The van der Waals surface area contributed by atoms with Crippen LogP contribution in [0.2, 0.25) is 0 Å². The molecule has 1 amide bonds. The van der Waals surface area contributed by atoms with E-state index in [1.165, 1.54) is 10.4 Å². The summed E-state index contributed by atoms with van der Waals surface area (Å²) in [5, 5.41) is 9.34. The van der Waals surface area contributed by atoms with Gasteiger partial charge < -0.3 is 5.32 Å². The molecule has 0 saturated carbocycles. The van der Waals surface area contributed by atoms with Gasteiger partial charge in [0, 0.05) is 36.3 Å². The summed E-state index contributed by atoms with van der Waals surface area (Å²) in [6, 6.07) is 4.48. The maximum Gasteiger partial charge on any atom is 0.234 e. The van der Waals surface area contributed by atoms with Crippen molar-refractivity contribution in [3.63, 3.8) is 0 Å². The van der Waals surface area contributed by atoms with Gasteiger partial charge in [-0.25, -0.2) is 0 Å². The first-order valence-electron chi connectivity index (χ1n) is 7.74. The SMILES string of the molecule is Cn1cc([C@@H]2CCCN2CC(=O)NCCc2cccs2)cn1. The molecule has 2 aromatic heterocycles. The number of rotatable bonds is 6. The third-order valence-electron chi connectivity index (χ3n) is 4.09. The summed E-state index contributed by atoms with van der Waals surface area (Å²) in [6.45, 7) is 2.17. The van der Waals surface area contributed by atoms with Crippen LogP contribution in [0.3, 0.4) is 0 Å². The molecule has 2 aromatic rings. The van der Waals surface area contributed by atoms with Crippen LogP contribution in [0.25, 0.3) is 0 Å². The van der Waals surface area contributed by atoms with Gasteiger partial charge in [0.05, 0.1) is 12.7 Å². The Hall–Kier alpha value is -1.66. The summed E-state index contributed by atoms with van der Waals surface area (Å²) in [5.74, 6) is 0.118. The minimum atomic E-state index is 0.118. The zero-order valence-electron chi connectivity index (χ0n) is 12.9. The molecular formula is C16H22N4OS. The summed E-state index contributed by atoms with van der Waals surface area (Å²) in [4.78, 5) is 15.7. The van der Waals surface area contributed by atoms with Crippen LogP contribution in [0.5, 0.6) is 0 Å². The highest BCUT2D eigenvalue weighted by Crippen LogP contribution is 2.30. The van der Waals surface area contributed by atoms with Crippen LogP contribution in [0.1, 0.15) is 29.3 Å². The molecule has 1 aliphatic heterocycles. The van der Waals surface area contributed by atoms with Crippen molar-refractivity contribution >= 4 is 17.2 Å². The molecule has 0 spiro atoms. The topological polar surface area (TPSA) is 50.2 Å². The molecule has 1 saturated heterocycles. The average Bonchev–Trinajstić information content (AvgIpc) is 3.20. The zero-order chi connectivity index (χ0) is 15.4. The largest absolute Gasteiger partial charge is 0.355 e. The summed E-state index contributed by atoms with van der Waals surface area (Å²) >= 11 is 1.74. The van der Waals surface area contributed by atoms with Crippen molar-refractivity contribution in [3.8, 4) is 0 Å². The van der Waals surface area contributed by atoms with Crippen molar-refractivity contribution < 1.29 is 4.79 Å². The number of thiophene rings is 1. The number of aromatic nitrogens is 2. The van der Waals surface area contributed by atoms with Crippen molar-refractivity contribution in [2.45, 2.75) is 25.3 Å². The molecule has 0 unspecified atom stereocenters. The number of hydrogen-bond donors (Lipinski definition) is 1. The molecule has 1 aliphatic rings. The Bertz CT molecular complexity index is 607. The molecule has 0 bridgehead atoms. The predicted molar refractivity (Wildman–Crippen MR) is 87.8 cm³/mol. The lowest BCUT2D eigenvalue weighted by Crippen LogP contribution is -2.37. The highest BCUT2D eigenvalue weighted by Gasteiger charge is 2.28. The summed E-state index contributed by atoms with van der Waals surface area (Å²) < 4.78 is 1.83. The molecule has 22 heavy (non-hydrogen) atoms.